The van der Waals surface area contributed by atoms with E-state index in [1.807, 2.05) is 0 Å². The highest BCUT2D eigenvalue weighted by Crippen LogP contribution is 2.25. The van der Waals surface area contributed by atoms with Crippen LogP contribution in [0.4, 0.5) is 4.39 Å². The molecular formula is C19H23FN2O3. The molecule has 0 aliphatic rings. The lowest BCUT2D eigenvalue weighted by molar-refractivity contribution is -0.119. The second-order valence-electron chi connectivity index (χ2n) is 6.26. The van der Waals surface area contributed by atoms with Gasteiger partial charge in [-0.3, -0.25) is 9.88 Å². The number of carbonyl (C=O) groups is 1. The van der Waals surface area contributed by atoms with Gasteiger partial charge in [-0.15, -0.1) is 0 Å². The number of aliphatic hydroxyl groups excluding tert-OH is 1. The number of benzene rings is 1. The van der Waals surface area contributed by atoms with Crippen LogP contribution in [0.3, 0.4) is 0 Å². The largest absolute Gasteiger partial charge is 0.493 e. The molecule has 0 aliphatic heterocycles. The number of hydrogen-bond donors (Lipinski definition) is 1. The topological polar surface area (TPSA) is 62.7 Å². The van der Waals surface area contributed by atoms with Crippen LogP contribution in [0.2, 0.25) is 0 Å². The van der Waals surface area contributed by atoms with Crippen LogP contribution in [-0.2, 0) is 4.79 Å². The van der Waals surface area contributed by atoms with Crippen LogP contribution in [0.15, 0.2) is 42.7 Å². The van der Waals surface area contributed by atoms with Crippen molar-refractivity contribution in [1.29, 1.82) is 0 Å². The lowest BCUT2D eigenvalue weighted by Crippen LogP contribution is -2.46. The summed E-state index contributed by atoms with van der Waals surface area (Å²) in [6.07, 6.45) is 4.64. The van der Waals surface area contributed by atoms with Crippen molar-refractivity contribution in [2.45, 2.75) is 25.8 Å². The monoisotopic (exact) mass is 346 g/mol. The van der Waals surface area contributed by atoms with E-state index >= 15 is 0 Å². The molecule has 0 bridgehead atoms. The van der Waals surface area contributed by atoms with Gasteiger partial charge in [0.15, 0.2) is 0 Å². The first-order valence-corrected chi connectivity index (χ1v) is 8.13. The quantitative estimate of drug-likeness (QED) is 0.430. The molecule has 0 amide bonds. The van der Waals surface area contributed by atoms with E-state index in [-0.39, 0.29) is 12.5 Å². The molecule has 0 unspecified atom stereocenters. The Kier molecular flexibility index (Phi) is 6.61. The summed E-state index contributed by atoms with van der Waals surface area (Å²) in [7, 11) is 0. The van der Waals surface area contributed by atoms with E-state index in [1.54, 1.807) is 55.4 Å². The average Bonchev–Trinajstić information content (AvgIpc) is 2.62. The molecule has 2 rings (SSSR count). The lowest BCUT2D eigenvalue weighted by atomic mass is 10.1. The summed E-state index contributed by atoms with van der Waals surface area (Å²) < 4.78 is 19.8. The van der Waals surface area contributed by atoms with Crippen molar-refractivity contribution >= 4 is 6.29 Å². The van der Waals surface area contributed by atoms with Crippen molar-refractivity contribution < 1.29 is 19.0 Å². The first-order chi connectivity index (χ1) is 12.0. The summed E-state index contributed by atoms with van der Waals surface area (Å²) >= 11 is 0. The highest BCUT2D eigenvalue weighted by Gasteiger charge is 2.24. The Morgan fingerprint density at radius 1 is 1.28 bits per heavy atom. The number of hydrogen-bond acceptors (Lipinski definition) is 5. The second kappa shape index (κ2) is 8.69. The van der Waals surface area contributed by atoms with Gasteiger partial charge >= 0.3 is 0 Å². The number of aliphatic hydroxyl groups is 1. The highest BCUT2D eigenvalue weighted by atomic mass is 19.1. The van der Waals surface area contributed by atoms with Crippen molar-refractivity contribution in [3.05, 3.63) is 48.5 Å². The molecular weight excluding hydrogens is 323 g/mol. The zero-order valence-electron chi connectivity index (χ0n) is 14.5. The standard InChI is InChI=1S/C19H23FN2O3/c1-19(2,13-23)22(14-24)10-3-11-25-16-4-5-17(18(20)12-16)15-6-8-21-9-7-15/h4-9,12-13,24H,3,10-11,14H2,1-2H3. The minimum atomic E-state index is -0.729. The fourth-order valence-corrected chi connectivity index (χ4v) is 2.41. The summed E-state index contributed by atoms with van der Waals surface area (Å²) in [6, 6.07) is 8.25. The highest BCUT2D eigenvalue weighted by molar-refractivity contribution is 5.64. The first kappa shape index (κ1) is 19.0. The van der Waals surface area contributed by atoms with E-state index in [9.17, 15) is 14.3 Å². The number of rotatable bonds is 9. The summed E-state index contributed by atoms with van der Waals surface area (Å²) in [5, 5.41) is 9.36. The molecule has 134 valence electrons. The number of nitrogens with zero attached hydrogens (tertiary/aromatic N) is 2. The smallest absolute Gasteiger partial charge is 0.139 e. The Balaban J connectivity index is 1.90. The molecule has 0 saturated heterocycles. The zero-order chi connectivity index (χ0) is 18.3. The van der Waals surface area contributed by atoms with Gasteiger partial charge in [0, 0.05) is 30.6 Å². The van der Waals surface area contributed by atoms with Crippen LogP contribution in [0, 0.1) is 5.82 Å². The van der Waals surface area contributed by atoms with Gasteiger partial charge in [-0.2, -0.15) is 0 Å². The molecule has 0 saturated carbocycles. The average molecular weight is 346 g/mol. The van der Waals surface area contributed by atoms with Crippen LogP contribution >= 0.6 is 0 Å². The van der Waals surface area contributed by atoms with Crippen LogP contribution < -0.4 is 4.74 Å². The summed E-state index contributed by atoms with van der Waals surface area (Å²) in [6.45, 7) is 4.13. The van der Waals surface area contributed by atoms with E-state index < -0.39 is 5.54 Å². The molecule has 2 aromatic rings. The van der Waals surface area contributed by atoms with E-state index in [2.05, 4.69) is 4.98 Å². The van der Waals surface area contributed by atoms with Crippen LogP contribution in [0.1, 0.15) is 20.3 Å². The Labute approximate surface area is 147 Å². The number of halogens is 1. The molecule has 0 fully saturated rings. The van der Waals surface area contributed by atoms with Crippen molar-refractivity contribution in [2.75, 3.05) is 19.9 Å². The molecule has 1 aromatic heterocycles. The fraction of sp³-hybridized carbons (Fsp3) is 0.368. The number of ether oxygens (including phenoxy) is 1. The Morgan fingerprint density at radius 3 is 2.60 bits per heavy atom. The maximum Gasteiger partial charge on any atom is 0.139 e. The van der Waals surface area contributed by atoms with E-state index in [0.717, 1.165) is 11.8 Å². The van der Waals surface area contributed by atoms with Gasteiger partial charge in [-0.25, -0.2) is 4.39 Å². The molecule has 1 aromatic carbocycles. The molecule has 5 nitrogen and oxygen atoms in total. The van der Waals surface area contributed by atoms with Crippen LogP contribution in [0.5, 0.6) is 5.75 Å². The maximum absolute atomic E-state index is 14.2. The fourth-order valence-electron chi connectivity index (χ4n) is 2.41. The van der Waals surface area contributed by atoms with Crippen molar-refractivity contribution in [1.82, 2.24) is 9.88 Å². The van der Waals surface area contributed by atoms with Crippen LogP contribution in [-0.4, -0.2) is 46.7 Å². The molecule has 0 aliphatic carbocycles. The normalized spacial score (nSPS) is 11.6. The Bertz CT molecular complexity index is 692. The number of aldehydes is 1. The number of carbonyl (C=O) groups excluding carboxylic acids is 1. The van der Waals surface area contributed by atoms with Gasteiger partial charge in [-0.05, 0) is 50.1 Å². The third kappa shape index (κ3) is 5.08. The van der Waals surface area contributed by atoms with E-state index in [1.165, 1.54) is 6.07 Å². The molecule has 0 spiro atoms. The third-order valence-electron chi connectivity index (χ3n) is 4.05. The predicted molar refractivity (Wildman–Crippen MR) is 93.7 cm³/mol. The minimum absolute atomic E-state index is 0.207. The van der Waals surface area contributed by atoms with Gasteiger partial charge in [0.25, 0.3) is 0 Å². The second-order valence-corrected chi connectivity index (χ2v) is 6.26. The van der Waals surface area contributed by atoms with Crippen molar-refractivity contribution in [3.63, 3.8) is 0 Å². The Hall–Kier alpha value is -2.31. The number of aromatic nitrogens is 1. The lowest BCUT2D eigenvalue weighted by Gasteiger charge is -2.32. The molecule has 0 atom stereocenters. The van der Waals surface area contributed by atoms with E-state index in [4.69, 9.17) is 4.74 Å². The first-order valence-electron chi connectivity index (χ1n) is 8.13. The van der Waals surface area contributed by atoms with Crippen molar-refractivity contribution in [2.24, 2.45) is 0 Å². The van der Waals surface area contributed by atoms with Gasteiger partial charge in [0.1, 0.15) is 17.9 Å². The molecule has 0 radical (unpaired) electrons. The van der Waals surface area contributed by atoms with Gasteiger partial charge in [0.05, 0.1) is 18.9 Å². The molecule has 25 heavy (non-hydrogen) atoms. The zero-order valence-corrected chi connectivity index (χ0v) is 14.5. The maximum atomic E-state index is 14.2. The predicted octanol–water partition coefficient (Wildman–Crippen LogP) is 2.89. The van der Waals surface area contributed by atoms with Gasteiger partial charge < -0.3 is 14.6 Å². The summed E-state index contributed by atoms with van der Waals surface area (Å²) in [5.74, 6) is 0.0864. The third-order valence-corrected chi connectivity index (χ3v) is 4.05. The summed E-state index contributed by atoms with van der Waals surface area (Å²) in [4.78, 5) is 16.6. The summed E-state index contributed by atoms with van der Waals surface area (Å²) in [5.41, 5.74) is 0.523. The van der Waals surface area contributed by atoms with Crippen molar-refractivity contribution in [3.8, 4) is 16.9 Å². The molecule has 1 N–H and O–H groups in total. The van der Waals surface area contributed by atoms with E-state index in [0.29, 0.717) is 30.9 Å². The minimum Gasteiger partial charge on any atom is -0.493 e. The van der Waals surface area contributed by atoms with Crippen LogP contribution in [0.25, 0.3) is 11.1 Å². The van der Waals surface area contributed by atoms with Gasteiger partial charge in [-0.1, -0.05) is 0 Å². The molecule has 6 heteroatoms. The van der Waals surface area contributed by atoms with Gasteiger partial charge in [0.2, 0.25) is 0 Å². The number of pyridine rings is 1. The SMILES string of the molecule is CC(C)(C=O)N(CO)CCCOc1ccc(-c2ccncc2)c(F)c1. The Morgan fingerprint density at radius 2 is 2.00 bits per heavy atom. The molecule has 1 heterocycles.